The number of benzene rings is 3. The van der Waals surface area contributed by atoms with Crippen molar-refractivity contribution in [3.8, 4) is 0 Å². The van der Waals surface area contributed by atoms with Crippen LogP contribution >= 0.6 is 11.8 Å². The summed E-state index contributed by atoms with van der Waals surface area (Å²) in [6.45, 7) is 1.93. The first-order valence-corrected chi connectivity index (χ1v) is 11.8. The number of aromatic nitrogens is 3. The van der Waals surface area contributed by atoms with Crippen LogP contribution in [0.5, 0.6) is 0 Å². The third kappa shape index (κ3) is 4.21. The molecule has 0 bridgehead atoms. The van der Waals surface area contributed by atoms with Crippen molar-refractivity contribution in [3.05, 3.63) is 83.7 Å². The maximum atomic E-state index is 12.7. The molecule has 0 saturated heterocycles. The van der Waals surface area contributed by atoms with Gasteiger partial charge in [-0.1, -0.05) is 71.9 Å². The van der Waals surface area contributed by atoms with E-state index in [9.17, 15) is 8.42 Å². The number of thioether (sulfide) groups is 1. The first kappa shape index (κ1) is 19.7. The van der Waals surface area contributed by atoms with Crippen LogP contribution in [0.1, 0.15) is 17.0 Å². The summed E-state index contributed by atoms with van der Waals surface area (Å²) in [6.07, 6.45) is 0. The molecule has 3 aromatic carbocycles. The quantitative estimate of drug-likeness (QED) is 0.426. The van der Waals surface area contributed by atoms with E-state index in [2.05, 4.69) is 40.5 Å². The fourth-order valence-electron chi connectivity index (χ4n) is 3.16. The van der Waals surface area contributed by atoms with Crippen molar-refractivity contribution < 1.29 is 8.42 Å². The number of nitrogens with zero attached hydrogens (tertiary/aromatic N) is 3. The zero-order chi connectivity index (χ0) is 20.4. The Morgan fingerprint density at radius 2 is 1.66 bits per heavy atom. The van der Waals surface area contributed by atoms with Gasteiger partial charge in [0.25, 0.3) is 0 Å². The van der Waals surface area contributed by atoms with Gasteiger partial charge < -0.3 is 4.57 Å². The van der Waals surface area contributed by atoms with Crippen LogP contribution < -0.4 is 0 Å². The van der Waals surface area contributed by atoms with Gasteiger partial charge in [-0.05, 0) is 35.4 Å². The van der Waals surface area contributed by atoms with Crippen molar-refractivity contribution in [2.24, 2.45) is 7.05 Å². The highest BCUT2D eigenvalue weighted by Gasteiger charge is 2.20. The fourth-order valence-corrected chi connectivity index (χ4v) is 5.40. The van der Waals surface area contributed by atoms with Crippen LogP contribution in [0.4, 0.5) is 0 Å². The van der Waals surface area contributed by atoms with Crippen molar-refractivity contribution in [2.75, 3.05) is 0 Å². The van der Waals surface area contributed by atoms with Crippen molar-refractivity contribution >= 4 is 32.4 Å². The Bertz CT molecular complexity index is 1260. The monoisotopic (exact) mass is 423 g/mol. The molecule has 0 saturated carbocycles. The Morgan fingerprint density at radius 3 is 2.45 bits per heavy atom. The van der Waals surface area contributed by atoms with Crippen LogP contribution in [0.2, 0.25) is 0 Å². The Morgan fingerprint density at radius 1 is 0.931 bits per heavy atom. The van der Waals surface area contributed by atoms with Gasteiger partial charge in [0.1, 0.15) is 11.6 Å². The lowest BCUT2D eigenvalue weighted by Gasteiger charge is -2.07. The minimum Gasteiger partial charge on any atom is -0.308 e. The first-order valence-electron chi connectivity index (χ1n) is 9.21. The molecule has 4 rings (SSSR count). The van der Waals surface area contributed by atoms with Gasteiger partial charge in [0.05, 0.1) is 4.90 Å². The number of sulfone groups is 1. The van der Waals surface area contributed by atoms with Crippen LogP contribution in [0.25, 0.3) is 10.8 Å². The van der Waals surface area contributed by atoms with E-state index in [4.69, 9.17) is 0 Å². The number of aryl methyl sites for hydroxylation is 1. The maximum Gasteiger partial charge on any atom is 0.191 e. The molecule has 148 valence electrons. The van der Waals surface area contributed by atoms with Crippen LogP contribution in [0, 0.1) is 6.92 Å². The van der Waals surface area contributed by atoms with Crippen LogP contribution in [0.15, 0.2) is 76.8 Å². The number of hydrogen-bond acceptors (Lipinski definition) is 5. The summed E-state index contributed by atoms with van der Waals surface area (Å²) in [4.78, 5) is 0.302. The van der Waals surface area contributed by atoms with Gasteiger partial charge >= 0.3 is 0 Å². The predicted octanol–water partition coefficient (Wildman–Crippen LogP) is 4.54. The molecule has 0 aliphatic carbocycles. The van der Waals surface area contributed by atoms with Gasteiger partial charge in [-0.15, -0.1) is 10.2 Å². The molecular weight excluding hydrogens is 402 g/mol. The molecule has 7 heteroatoms. The van der Waals surface area contributed by atoms with E-state index in [1.807, 2.05) is 26.1 Å². The summed E-state index contributed by atoms with van der Waals surface area (Å²) in [5.41, 5.74) is 2.24. The molecule has 0 unspecified atom stereocenters. The fraction of sp³-hybridized carbons (Fsp3) is 0.182. The van der Waals surface area contributed by atoms with Gasteiger partial charge in [-0.2, -0.15) is 0 Å². The summed E-state index contributed by atoms with van der Waals surface area (Å²) in [7, 11) is -1.66. The molecular formula is C22H21N3O2S2. The molecule has 5 nitrogen and oxygen atoms in total. The van der Waals surface area contributed by atoms with E-state index in [0.29, 0.717) is 15.9 Å². The Kier molecular flexibility index (Phi) is 5.43. The summed E-state index contributed by atoms with van der Waals surface area (Å²) >= 11 is 1.55. The van der Waals surface area contributed by atoms with E-state index in [1.54, 1.807) is 40.6 Å². The van der Waals surface area contributed by atoms with Gasteiger partial charge in [-0.25, -0.2) is 8.42 Å². The molecule has 1 aromatic heterocycles. The average Bonchev–Trinajstić information content (AvgIpc) is 3.05. The average molecular weight is 424 g/mol. The summed E-state index contributed by atoms with van der Waals surface area (Å²) in [5, 5.41) is 11.5. The zero-order valence-electron chi connectivity index (χ0n) is 16.2. The highest BCUT2D eigenvalue weighted by Crippen LogP contribution is 2.27. The molecule has 29 heavy (non-hydrogen) atoms. The molecule has 0 aliphatic heterocycles. The van der Waals surface area contributed by atoms with Crippen molar-refractivity contribution in [1.82, 2.24) is 14.8 Å². The smallest absolute Gasteiger partial charge is 0.191 e. The largest absolute Gasteiger partial charge is 0.308 e. The summed E-state index contributed by atoms with van der Waals surface area (Å²) < 4.78 is 27.2. The van der Waals surface area contributed by atoms with Crippen molar-refractivity contribution in [1.29, 1.82) is 0 Å². The minimum absolute atomic E-state index is 0.172. The molecule has 0 N–H and O–H groups in total. The first-order chi connectivity index (χ1) is 13.9. The molecule has 4 aromatic rings. The van der Waals surface area contributed by atoms with Crippen molar-refractivity contribution in [2.45, 2.75) is 28.5 Å². The van der Waals surface area contributed by atoms with Gasteiger partial charge in [0.2, 0.25) is 0 Å². The van der Waals surface area contributed by atoms with E-state index >= 15 is 0 Å². The van der Waals surface area contributed by atoms with Crippen molar-refractivity contribution in [3.63, 3.8) is 0 Å². The highest BCUT2D eigenvalue weighted by atomic mass is 32.2. The van der Waals surface area contributed by atoms with Crippen LogP contribution in [-0.4, -0.2) is 23.2 Å². The van der Waals surface area contributed by atoms with Crippen LogP contribution in [0.3, 0.4) is 0 Å². The highest BCUT2D eigenvalue weighted by molar-refractivity contribution is 7.98. The standard InChI is InChI=1S/C22H21N3O2S2/c1-16-10-12-19(13-11-16)29(26,27)15-21-23-24-22(25(21)2)28-14-18-8-5-7-17-6-3-4-9-20(17)18/h3-13H,14-15H2,1-2H3. The molecule has 0 fully saturated rings. The van der Waals surface area contributed by atoms with Gasteiger partial charge in [0, 0.05) is 12.8 Å². The normalized spacial score (nSPS) is 11.8. The number of fused-ring (bicyclic) bond motifs is 1. The second-order valence-corrected chi connectivity index (χ2v) is 9.89. The van der Waals surface area contributed by atoms with E-state index in [-0.39, 0.29) is 5.75 Å². The van der Waals surface area contributed by atoms with E-state index < -0.39 is 9.84 Å². The lowest BCUT2D eigenvalue weighted by atomic mass is 10.1. The lowest BCUT2D eigenvalue weighted by molar-refractivity contribution is 0.591. The minimum atomic E-state index is -3.47. The SMILES string of the molecule is Cc1ccc(S(=O)(=O)Cc2nnc(SCc3cccc4ccccc34)n2C)cc1. The molecule has 0 amide bonds. The van der Waals surface area contributed by atoms with E-state index in [1.165, 1.54) is 16.3 Å². The number of hydrogen-bond donors (Lipinski definition) is 0. The summed E-state index contributed by atoms with van der Waals surface area (Å²) in [6, 6.07) is 21.4. The molecule has 0 aliphatic rings. The van der Waals surface area contributed by atoms with Gasteiger partial charge in [-0.3, -0.25) is 0 Å². The van der Waals surface area contributed by atoms with Crippen LogP contribution in [-0.2, 0) is 28.4 Å². The zero-order valence-corrected chi connectivity index (χ0v) is 17.9. The molecule has 0 atom stereocenters. The Labute approximate surface area is 174 Å². The molecule has 0 spiro atoms. The second-order valence-electron chi connectivity index (χ2n) is 6.96. The second kappa shape index (κ2) is 8.00. The van der Waals surface area contributed by atoms with Gasteiger partial charge in [0.15, 0.2) is 15.0 Å². The van der Waals surface area contributed by atoms with E-state index in [0.717, 1.165) is 11.3 Å². The lowest BCUT2D eigenvalue weighted by Crippen LogP contribution is -2.09. The predicted molar refractivity (Wildman–Crippen MR) is 117 cm³/mol. The summed E-state index contributed by atoms with van der Waals surface area (Å²) in [5.74, 6) is 0.998. The molecule has 1 heterocycles. The third-order valence-electron chi connectivity index (χ3n) is 4.86. The molecule has 0 radical (unpaired) electrons. The topological polar surface area (TPSA) is 64.8 Å². The third-order valence-corrected chi connectivity index (χ3v) is 7.56. The number of rotatable bonds is 6. The maximum absolute atomic E-state index is 12.7. The Hall–Kier alpha value is -2.64. The Balaban J connectivity index is 1.52.